The van der Waals surface area contributed by atoms with Gasteiger partial charge in [-0.25, -0.2) is 0 Å². The van der Waals surface area contributed by atoms with Gasteiger partial charge in [0.2, 0.25) is 0 Å². The van der Waals surface area contributed by atoms with E-state index in [1.165, 1.54) is 19.3 Å². The fourth-order valence-corrected chi connectivity index (χ4v) is 1.46. The molecule has 0 aromatic carbocycles. The highest BCUT2D eigenvalue weighted by atomic mass is 15.0. The zero-order chi connectivity index (χ0) is 7.40. The molecule has 1 saturated heterocycles. The molecule has 0 bridgehead atoms. The number of hydrogen-bond acceptors (Lipinski definition) is 2. The SMILES string of the molecule is CC[C@H]1CC(CCNC)N1. The maximum absolute atomic E-state index is 3.52. The first-order chi connectivity index (χ1) is 4.86. The molecule has 1 rings (SSSR count). The van der Waals surface area contributed by atoms with Gasteiger partial charge in [0, 0.05) is 12.1 Å². The second-order valence-corrected chi connectivity index (χ2v) is 3.10. The number of nitrogens with one attached hydrogen (secondary N) is 2. The summed E-state index contributed by atoms with van der Waals surface area (Å²) >= 11 is 0. The molecular formula is C8H18N2. The zero-order valence-electron chi connectivity index (χ0n) is 6.98. The highest BCUT2D eigenvalue weighted by molar-refractivity contribution is 4.87. The molecule has 1 aliphatic rings. The van der Waals surface area contributed by atoms with Gasteiger partial charge in [-0.05, 0) is 32.9 Å². The minimum atomic E-state index is 0.803. The van der Waals surface area contributed by atoms with Crippen LogP contribution in [0.5, 0.6) is 0 Å². The van der Waals surface area contributed by atoms with E-state index >= 15 is 0 Å². The Labute approximate surface area is 63.4 Å². The summed E-state index contributed by atoms with van der Waals surface area (Å²) in [5, 5.41) is 6.68. The van der Waals surface area contributed by atoms with Gasteiger partial charge in [-0.15, -0.1) is 0 Å². The molecule has 1 fully saturated rings. The van der Waals surface area contributed by atoms with Crippen LogP contribution in [0, 0.1) is 0 Å². The Morgan fingerprint density at radius 1 is 1.50 bits per heavy atom. The van der Waals surface area contributed by atoms with Crippen LogP contribution in [0.4, 0.5) is 0 Å². The monoisotopic (exact) mass is 142 g/mol. The van der Waals surface area contributed by atoms with Gasteiger partial charge in [0.25, 0.3) is 0 Å². The van der Waals surface area contributed by atoms with Crippen molar-refractivity contribution in [3.8, 4) is 0 Å². The Morgan fingerprint density at radius 2 is 2.20 bits per heavy atom. The van der Waals surface area contributed by atoms with Gasteiger partial charge in [-0.3, -0.25) is 0 Å². The molecule has 0 spiro atoms. The smallest absolute Gasteiger partial charge is 0.00965 e. The third-order valence-corrected chi connectivity index (χ3v) is 2.28. The van der Waals surface area contributed by atoms with E-state index in [0.29, 0.717) is 0 Å². The molecule has 0 aromatic heterocycles. The molecule has 2 N–H and O–H groups in total. The van der Waals surface area contributed by atoms with Gasteiger partial charge in [-0.2, -0.15) is 0 Å². The van der Waals surface area contributed by atoms with Gasteiger partial charge in [0.05, 0.1) is 0 Å². The van der Waals surface area contributed by atoms with Crippen LogP contribution >= 0.6 is 0 Å². The zero-order valence-corrected chi connectivity index (χ0v) is 6.98. The lowest BCUT2D eigenvalue weighted by atomic mass is 9.93. The van der Waals surface area contributed by atoms with Crippen LogP contribution in [0.25, 0.3) is 0 Å². The minimum Gasteiger partial charge on any atom is -0.320 e. The largest absolute Gasteiger partial charge is 0.320 e. The highest BCUT2D eigenvalue weighted by Crippen LogP contribution is 2.16. The Hall–Kier alpha value is -0.0800. The molecule has 0 aliphatic carbocycles. The van der Waals surface area contributed by atoms with Crippen molar-refractivity contribution in [1.82, 2.24) is 10.6 Å². The summed E-state index contributed by atoms with van der Waals surface area (Å²) in [5.74, 6) is 0. The van der Waals surface area contributed by atoms with E-state index in [-0.39, 0.29) is 0 Å². The molecule has 1 heterocycles. The second kappa shape index (κ2) is 3.94. The Morgan fingerprint density at radius 3 is 2.70 bits per heavy atom. The summed E-state index contributed by atoms with van der Waals surface area (Å²) in [4.78, 5) is 0. The van der Waals surface area contributed by atoms with E-state index in [1.807, 2.05) is 7.05 Å². The fourth-order valence-electron chi connectivity index (χ4n) is 1.46. The fraction of sp³-hybridized carbons (Fsp3) is 1.00. The van der Waals surface area contributed by atoms with Gasteiger partial charge < -0.3 is 10.6 Å². The molecule has 0 radical (unpaired) electrons. The Kier molecular flexibility index (Phi) is 3.16. The van der Waals surface area contributed by atoms with E-state index in [9.17, 15) is 0 Å². The molecule has 2 nitrogen and oxygen atoms in total. The molecule has 0 saturated carbocycles. The standard InChI is InChI=1S/C8H18N2/c1-3-7-6-8(10-7)4-5-9-2/h7-10H,3-6H2,1-2H3/t7-,8?/m0/s1. The molecule has 0 amide bonds. The van der Waals surface area contributed by atoms with Crippen LogP contribution < -0.4 is 10.6 Å². The number of hydrogen-bond donors (Lipinski definition) is 2. The highest BCUT2D eigenvalue weighted by Gasteiger charge is 2.25. The van der Waals surface area contributed by atoms with Gasteiger partial charge in [0.15, 0.2) is 0 Å². The van der Waals surface area contributed by atoms with Crippen LogP contribution in [0.15, 0.2) is 0 Å². The van der Waals surface area contributed by atoms with Crippen molar-refractivity contribution in [3.05, 3.63) is 0 Å². The van der Waals surface area contributed by atoms with Crippen molar-refractivity contribution < 1.29 is 0 Å². The van der Waals surface area contributed by atoms with E-state index in [2.05, 4.69) is 17.6 Å². The molecule has 0 aromatic rings. The van der Waals surface area contributed by atoms with Crippen molar-refractivity contribution >= 4 is 0 Å². The predicted octanol–water partition coefficient (Wildman–Crippen LogP) is 0.736. The molecule has 60 valence electrons. The average Bonchev–Trinajstić information content (AvgIpc) is 1.86. The lowest BCUT2D eigenvalue weighted by Gasteiger charge is -2.36. The molecular weight excluding hydrogens is 124 g/mol. The summed E-state index contributed by atoms with van der Waals surface area (Å²) in [6.45, 7) is 3.39. The maximum Gasteiger partial charge on any atom is 0.00965 e. The molecule has 2 atom stereocenters. The third kappa shape index (κ3) is 1.96. The van der Waals surface area contributed by atoms with Gasteiger partial charge in [0.1, 0.15) is 0 Å². The molecule has 1 unspecified atom stereocenters. The summed E-state index contributed by atoms with van der Waals surface area (Å²) in [5.41, 5.74) is 0. The Bertz CT molecular complexity index is 84.5. The predicted molar refractivity (Wildman–Crippen MR) is 44.2 cm³/mol. The maximum atomic E-state index is 3.52. The van der Waals surface area contributed by atoms with Crippen molar-refractivity contribution in [2.75, 3.05) is 13.6 Å². The van der Waals surface area contributed by atoms with Crippen molar-refractivity contribution in [2.24, 2.45) is 0 Å². The third-order valence-electron chi connectivity index (χ3n) is 2.28. The van der Waals surface area contributed by atoms with Gasteiger partial charge in [-0.1, -0.05) is 6.92 Å². The van der Waals surface area contributed by atoms with Gasteiger partial charge >= 0.3 is 0 Å². The van der Waals surface area contributed by atoms with Crippen molar-refractivity contribution in [2.45, 2.75) is 38.3 Å². The first kappa shape index (κ1) is 8.02. The number of rotatable bonds is 4. The summed E-state index contributed by atoms with van der Waals surface area (Å²) in [6.07, 6.45) is 3.96. The van der Waals surface area contributed by atoms with E-state index in [1.54, 1.807) is 0 Å². The van der Waals surface area contributed by atoms with Crippen LogP contribution in [-0.2, 0) is 0 Å². The lowest BCUT2D eigenvalue weighted by molar-refractivity contribution is 0.245. The Balaban J connectivity index is 1.93. The lowest BCUT2D eigenvalue weighted by Crippen LogP contribution is -2.52. The van der Waals surface area contributed by atoms with E-state index in [4.69, 9.17) is 0 Å². The van der Waals surface area contributed by atoms with Crippen LogP contribution in [-0.4, -0.2) is 25.7 Å². The molecule has 10 heavy (non-hydrogen) atoms. The second-order valence-electron chi connectivity index (χ2n) is 3.10. The van der Waals surface area contributed by atoms with Crippen molar-refractivity contribution in [1.29, 1.82) is 0 Å². The normalized spacial score (nSPS) is 31.8. The summed E-state index contributed by atoms with van der Waals surface area (Å²) < 4.78 is 0. The van der Waals surface area contributed by atoms with E-state index in [0.717, 1.165) is 18.6 Å². The van der Waals surface area contributed by atoms with Crippen molar-refractivity contribution in [3.63, 3.8) is 0 Å². The quantitative estimate of drug-likeness (QED) is 0.605. The topological polar surface area (TPSA) is 24.1 Å². The van der Waals surface area contributed by atoms with E-state index < -0.39 is 0 Å². The molecule has 1 aliphatic heterocycles. The van der Waals surface area contributed by atoms with Crippen LogP contribution in [0.2, 0.25) is 0 Å². The minimum absolute atomic E-state index is 0.803. The first-order valence-electron chi connectivity index (χ1n) is 4.27. The van der Waals surface area contributed by atoms with Crippen LogP contribution in [0.3, 0.4) is 0 Å². The summed E-state index contributed by atoms with van der Waals surface area (Å²) in [6, 6.07) is 1.62. The molecule has 2 heteroatoms. The average molecular weight is 142 g/mol. The van der Waals surface area contributed by atoms with Crippen LogP contribution in [0.1, 0.15) is 26.2 Å². The first-order valence-corrected chi connectivity index (χ1v) is 4.27. The summed E-state index contributed by atoms with van der Waals surface area (Å²) in [7, 11) is 2.01.